The molecule has 1 aliphatic carbocycles. The van der Waals surface area contributed by atoms with Gasteiger partial charge in [-0.15, -0.1) is 0 Å². The van der Waals surface area contributed by atoms with Crippen molar-refractivity contribution in [2.24, 2.45) is 5.92 Å². The highest BCUT2D eigenvalue weighted by Crippen LogP contribution is 2.22. The molecule has 0 atom stereocenters. The molecule has 1 saturated carbocycles. The van der Waals surface area contributed by atoms with E-state index in [-0.39, 0.29) is 5.91 Å². The van der Waals surface area contributed by atoms with Crippen LogP contribution in [0.1, 0.15) is 44.1 Å². The fourth-order valence-electron chi connectivity index (χ4n) is 2.69. The smallest absolute Gasteiger partial charge is 0.220 e. The molecule has 1 amide bonds. The van der Waals surface area contributed by atoms with Crippen LogP contribution in [0.15, 0.2) is 18.2 Å². The lowest BCUT2D eigenvalue weighted by Gasteiger charge is -2.21. The van der Waals surface area contributed by atoms with Crippen LogP contribution in [0.3, 0.4) is 0 Å². The Hall–Kier alpha value is -1.45. The first-order valence-electron chi connectivity index (χ1n) is 7.36. The van der Waals surface area contributed by atoms with Gasteiger partial charge in [-0.25, -0.2) is 8.78 Å². The first-order valence-corrected chi connectivity index (χ1v) is 7.36. The minimum absolute atomic E-state index is 0.0136. The highest BCUT2D eigenvalue weighted by atomic mass is 19.2. The summed E-state index contributed by atoms with van der Waals surface area (Å²) < 4.78 is 25.8. The van der Waals surface area contributed by atoms with Crippen molar-refractivity contribution in [1.29, 1.82) is 0 Å². The summed E-state index contributed by atoms with van der Waals surface area (Å²) in [7, 11) is 0. The Kier molecular flexibility index (Phi) is 5.50. The summed E-state index contributed by atoms with van der Waals surface area (Å²) in [6, 6.07) is 3.78. The van der Waals surface area contributed by atoms with Crippen LogP contribution in [-0.4, -0.2) is 12.5 Å². The summed E-state index contributed by atoms with van der Waals surface area (Å²) in [6.45, 7) is 0.747. The Labute approximate surface area is 118 Å². The minimum Gasteiger partial charge on any atom is -0.356 e. The standard InChI is InChI=1S/C16H21F2NO/c17-14-8-6-12(10-15(14)18)7-9-16(20)19-11-13-4-2-1-3-5-13/h6,8,10,13H,1-5,7,9,11H2,(H,19,20). The minimum atomic E-state index is -0.856. The van der Waals surface area contributed by atoms with Crippen LogP contribution in [-0.2, 0) is 11.2 Å². The number of carbonyl (C=O) groups is 1. The third-order valence-corrected chi connectivity index (χ3v) is 3.94. The van der Waals surface area contributed by atoms with Crippen LogP contribution in [0.2, 0.25) is 0 Å². The van der Waals surface area contributed by atoms with Crippen molar-refractivity contribution in [3.05, 3.63) is 35.4 Å². The molecule has 1 N–H and O–H groups in total. The molecular weight excluding hydrogens is 260 g/mol. The van der Waals surface area contributed by atoms with E-state index >= 15 is 0 Å². The number of aryl methyl sites for hydroxylation is 1. The maximum absolute atomic E-state index is 13.0. The van der Waals surface area contributed by atoms with E-state index in [1.54, 1.807) is 0 Å². The SMILES string of the molecule is O=C(CCc1ccc(F)c(F)c1)NCC1CCCCC1. The van der Waals surface area contributed by atoms with E-state index in [9.17, 15) is 13.6 Å². The molecule has 0 spiro atoms. The second-order valence-corrected chi connectivity index (χ2v) is 5.56. The molecular formula is C16H21F2NO. The van der Waals surface area contributed by atoms with E-state index in [2.05, 4.69) is 5.32 Å². The van der Waals surface area contributed by atoms with Crippen LogP contribution < -0.4 is 5.32 Å². The highest BCUT2D eigenvalue weighted by Gasteiger charge is 2.14. The Morgan fingerprint density at radius 2 is 1.90 bits per heavy atom. The maximum atomic E-state index is 13.0. The lowest BCUT2D eigenvalue weighted by atomic mass is 9.89. The van der Waals surface area contributed by atoms with Crippen LogP contribution in [0.5, 0.6) is 0 Å². The van der Waals surface area contributed by atoms with E-state index < -0.39 is 11.6 Å². The van der Waals surface area contributed by atoms with Crippen molar-refractivity contribution in [3.8, 4) is 0 Å². The normalized spacial score (nSPS) is 16.1. The van der Waals surface area contributed by atoms with Gasteiger partial charge in [0.25, 0.3) is 0 Å². The molecule has 0 aromatic heterocycles. The fourth-order valence-corrected chi connectivity index (χ4v) is 2.69. The predicted molar refractivity (Wildman–Crippen MR) is 74.3 cm³/mol. The molecule has 4 heteroatoms. The average molecular weight is 281 g/mol. The predicted octanol–water partition coefficient (Wildman–Crippen LogP) is 3.59. The van der Waals surface area contributed by atoms with Crippen LogP contribution in [0.4, 0.5) is 8.78 Å². The molecule has 1 aromatic carbocycles. The molecule has 0 radical (unpaired) electrons. The number of amides is 1. The largest absolute Gasteiger partial charge is 0.356 e. The number of hydrogen-bond acceptors (Lipinski definition) is 1. The van der Waals surface area contributed by atoms with E-state index in [4.69, 9.17) is 0 Å². The first kappa shape index (κ1) is 14.9. The summed E-state index contributed by atoms with van der Waals surface area (Å²) in [4.78, 5) is 11.7. The van der Waals surface area contributed by atoms with E-state index in [1.165, 1.54) is 38.2 Å². The number of halogens is 2. The molecule has 1 aliphatic rings. The van der Waals surface area contributed by atoms with Gasteiger partial charge in [-0.05, 0) is 42.9 Å². The Morgan fingerprint density at radius 3 is 2.60 bits per heavy atom. The third kappa shape index (κ3) is 4.58. The van der Waals surface area contributed by atoms with Gasteiger partial charge in [-0.3, -0.25) is 4.79 Å². The molecule has 2 nitrogen and oxygen atoms in total. The van der Waals surface area contributed by atoms with Crippen molar-refractivity contribution in [3.63, 3.8) is 0 Å². The number of rotatable bonds is 5. The quantitative estimate of drug-likeness (QED) is 0.878. The van der Waals surface area contributed by atoms with Gasteiger partial charge in [0, 0.05) is 13.0 Å². The topological polar surface area (TPSA) is 29.1 Å². The molecule has 1 fully saturated rings. The van der Waals surface area contributed by atoms with Crippen LogP contribution >= 0.6 is 0 Å². The number of carbonyl (C=O) groups excluding carboxylic acids is 1. The van der Waals surface area contributed by atoms with Gasteiger partial charge in [0.05, 0.1) is 0 Å². The lowest BCUT2D eigenvalue weighted by molar-refractivity contribution is -0.121. The average Bonchev–Trinajstić information content (AvgIpc) is 2.47. The monoisotopic (exact) mass is 281 g/mol. The van der Waals surface area contributed by atoms with Gasteiger partial charge in [0.1, 0.15) is 0 Å². The summed E-state index contributed by atoms with van der Waals surface area (Å²) in [5, 5.41) is 2.94. The van der Waals surface area contributed by atoms with Gasteiger partial charge in [-0.1, -0.05) is 25.3 Å². The molecule has 110 valence electrons. The summed E-state index contributed by atoms with van der Waals surface area (Å²) in [5.41, 5.74) is 0.650. The van der Waals surface area contributed by atoms with Crippen molar-refractivity contribution < 1.29 is 13.6 Å². The first-order chi connectivity index (χ1) is 9.65. The summed E-state index contributed by atoms with van der Waals surface area (Å²) in [5.74, 6) is -1.11. The van der Waals surface area contributed by atoms with E-state index in [0.29, 0.717) is 24.3 Å². The molecule has 0 unspecified atom stereocenters. The van der Waals surface area contributed by atoms with Crippen molar-refractivity contribution in [2.45, 2.75) is 44.9 Å². The molecule has 0 bridgehead atoms. The van der Waals surface area contributed by atoms with E-state index in [1.807, 2.05) is 0 Å². The van der Waals surface area contributed by atoms with Gasteiger partial charge in [-0.2, -0.15) is 0 Å². The molecule has 20 heavy (non-hydrogen) atoms. The Bertz CT molecular complexity index is 456. The second kappa shape index (κ2) is 7.36. The van der Waals surface area contributed by atoms with Gasteiger partial charge >= 0.3 is 0 Å². The highest BCUT2D eigenvalue weighted by molar-refractivity contribution is 5.76. The molecule has 2 rings (SSSR count). The van der Waals surface area contributed by atoms with E-state index in [0.717, 1.165) is 18.7 Å². The molecule has 0 aliphatic heterocycles. The van der Waals surface area contributed by atoms with Gasteiger partial charge in [0.2, 0.25) is 5.91 Å². The zero-order chi connectivity index (χ0) is 14.4. The zero-order valence-corrected chi connectivity index (χ0v) is 11.6. The molecule has 1 aromatic rings. The summed E-state index contributed by atoms with van der Waals surface area (Å²) >= 11 is 0. The third-order valence-electron chi connectivity index (χ3n) is 3.94. The number of benzene rings is 1. The number of hydrogen-bond donors (Lipinski definition) is 1. The van der Waals surface area contributed by atoms with Crippen LogP contribution in [0, 0.1) is 17.6 Å². The van der Waals surface area contributed by atoms with Crippen molar-refractivity contribution in [1.82, 2.24) is 5.32 Å². The van der Waals surface area contributed by atoms with Gasteiger partial charge in [0.15, 0.2) is 11.6 Å². The summed E-state index contributed by atoms with van der Waals surface area (Å²) in [6.07, 6.45) is 6.98. The van der Waals surface area contributed by atoms with Crippen molar-refractivity contribution in [2.75, 3.05) is 6.54 Å². The van der Waals surface area contributed by atoms with Gasteiger partial charge < -0.3 is 5.32 Å². The lowest BCUT2D eigenvalue weighted by Crippen LogP contribution is -2.30. The second-order valence-electron chi connectivity index (χ2n) is 5.56. The Morgan fingerprint density at radius 1 is 1.15 bits per heavy atom. The zero-order valence-electron chi connectivity index (χ0n) is 11.6. The Balaban J connectivity index is 1.70. The molecule has 0 heterocycles. The fraction of sp³-hybridized carbons (Fsp3) is 0.562. The number of nitrogens with one attached hydrogen (secondary N) is 1. The van der Waals surface area contributed by atoms with Crippen molar-refractivity contribution >= 4 is 5.91 Å². The molecule has 0 saturated heterocycles. The van der Waals surface area contributed by atoms with Crippen LogP contribution in [0.25, 0.3) is 0 Å². The maximum Gasteiger partial charge on any atom is 0.220 e.